The van der Waals surface area contributed by atoms with Crippen LogP contribution in [0.3, 0.4) is 0 Å². The highest BCUT2D eigenvalue weighted by Gasteiger charge is 2.29. The molecule has 2 aromatic heterocycles. The SMILES string of the molecule is [2H]C1([2H])CCC(C)(C)c2cc(-c3c(F)ccc4c3oc3c(-c5cccc[n+]5C)c(C)ccc34)ccc21. The molecular weight excluding hydrogens is 421 g/mol. The Morgan fingerprint density at radius 2 is 1.74 bits per heavy atom. The lowest BCUT2D eigenvalue weighted by Gasteiger charge is -2.33. The summed E-state index contributed by atoms with van der Waals surface area (Å²) < 4.78 is 41.2. The van der Waals surface area contributed by atoms with E-state index in [2.05, 4.69) is 43.5 Å². The zero-order valence-electron chi connectivity index (χ0n) is 22.0. The Morgan fingerprint density at radius 1 is 0.971 bits per heavy atom. The van der Waals surface area contributed by atoms with E-state index in [0.717, 1.165) is 45.2 Å². The Hall–Kier alpha value is -3.46. The van der Waals surface area contributed by atoms with Gasteiger partial charge in [-0.2, -0.15) is 0 Å². The summed E-state index contributed by atoms with van der Waals surface area (Å²) in [5.41, 5.74) is 6.97. The van der Waals surface area contributed by atoms with E-state index in [1.807, 2.05) is 43.6 Å². The molecule has 0 fully saturated rings. The lowest BCUT2D eigenvalue weighted by molar-refractivity contribution is -0.660. The molecule has 2 nitrogen and oxygen atoms in total. The van der Waals surface area contributed by atoms with E-state index in [9.17, 15) is 0 Å². The van der Waals surface area contributed by atoms with E-state index in [-0.39, 0.29) is 11.2 Å². The summed E-state index contributed by atoms with van der Waals surface area (Å²) in [5.74, 6) is -0.346. The average Bonchev–Trinajstić information content (AvgIpc) is 3.21. The minimum Gasteiger partial charge on any atom is -0.454 e. The van der Waals surface area contributed by atoms with Crippen molar-refractivity contribution in [1.29, 1.82) is 0 Å². The second kappa shape index (κ2) is 7.53. The van der Waals surface area contributed by atoms with Gasteiger partial charge in [0.25, 0.3) is 0 Å². The number of halogens is 1. The highest BCUT2D eigenvalue weighted by Crippen LogP contribution is 2.44. The summed E-state index contributed by atoms with van der Waals surface area (Å²) in [6.07, 6.45) is 1.85. The van der Waals surface area contributed by atoms with Gasteiger partial charge in [-0.05, 0) is 72.0 Å². The molecule has 0 atom stereocenters. The number of hydrogen-bond acceptors (Lipinski definition) is 1. The summed E-state index contributed by atoms with van der Waals surface area (Å²) in [7, 11) is 2.01. The van der Waals surface area contributed by atoms with Crippen LogP contribution in [0, 0.1) is 12.7 Å². The zero-order valence-corrected chi connectivity index (χ0v) is 20.0. The Balaban J connectivity index is 1.65. The van der Waals surface area contributed by atoms with Gasteiger partial charge in [0, 0.05) is 25.6 Å². The van der Waals surface area contributed by atoms with Gasteiger partial charge in [-0.25, -0.2) is 8.96 Å². The third-order valence-electron chi connectivity index (χ3n) is 7.38. The van der Waals surface area contributed by atoms with Gasteiger partial charge >= 0.3 is 0 Å². The maximum absolute atomic E-state index is 15.5. The van der Waals surface area contributed by atoms with Crippen molar-refractivity contribution in [3.05, 3.63) is 89.4 Å². The fourth-order valence-corrected chi connectivity index (χ4v) is 5.41. The number of fused-ring (bicyclic) bond motifs is 4. The van der Waals surface area contributed by atoms with Crippen LogP contribution >= 0.6 is 0 Å². The predicted octanol–water partition coefficient (Wildman–Crippen LogP) is 7.81. The van der Waals surface area contributed by atoms with E-state index < -0.39 is 6.37 Å². The molecule has 3 heteroatoms. The Morgan fingerprint density at radius 3 is 2.53 bits per heavy atom. The van der Waals surface area contributed by atoms with Crippen LogP contribution in [0.5, 0.6) is 0 Å². The van der Waals surface area contributed by atoms with Crippen molar-refractivity contribution in [2.24, 2.45) is 7.05 Å². The van der Waals surface area contributed by atoms with Gasteiger partial charge in [-0.1, -0.05) is 44.2 Å². The Labute approximate surface area is 202 Å². The summed E-state index contributed by atoms with van der Waals surface area (Å²) in [6, 6.07) is 19.2. The number of nitrogens with zero attached hydrogens (tertiary/aromatic N) is 1. The fourth-order valence-electron chi connectivity index (χ4n) is 5.41. The van der Waals surface area contributed by atoms with Crippen LogP contribution in [0.15, 0.2) is 71.3 Å². The maximum Gasteiger partial charge on any atom is 0.216 e. The largest absolute Gasteiger partial charge is 0.454 e. The van der Waals surface area contributed by atoms with Crippen LogP contribution in [0.4, 0.5) is 4.39 Å². The van der Waals surface area contributed by atoms with E-state index >= 15 is 4.39 Å². The molecule has 0 radical (unpaired) electrons. The molecule has 0 unspecified atom stereocenters. The van der Waals surface area contributed by atoms with Crippen molar-refractivity contribution in [2.45, 2.75) is 45.4 Å². The normalized spacial score (nSPS) is 17.4. The second-order valence-corrected chi connectivity index (χ2v) is 10.1. The standard InChI is InChI=1S/C31H29FNO/c1-19-10-13-22-23-14-15-25(32)28(21-12-11-20-8-7-16-31(2,3)24(20)18-21)30(23)34-29(22)27(19)26-9-5-6-17-33(26)4/h5-6,9-15,17-18H,7-8,16H2,1-4H3/q+1/i8D2. The number of rotatable bonds is 2. The first-order valence-corrected chi connectivity index (χ1v) is 11.8. The van der Waals surface area contributed by atoms with Gasteiger partial charge in [0.1, 0.15) is 24.0 Å². The summed E-state index contributed by atoms with van der Waals surface area (Å²) >= 11 is 0. The highest BCUT2D eigenvalue weighted by molar-refractivity contribution is 6.13. The minimum absolute atomic E-state index is 0.193. The lowest BCUT2D eigenvalue weighted by atomic mass is 9.72. The number of benzene rings is 3. The number of pyridine rings is 1. The quantitative estimate of drug-likeness (QED) is 0.250. The fraction of sp³-hybridized carbons (Fsp3) is 0.258. The lowest BCUT2D eigenvalue weighted by Crippen LogP contribution is -2.30. The molecule has 34 heavy (non-hydrogen) atoms. The van der Waals surface area contributed by atoms with Crippen molar-refractivity contribution >= 4 is 21.9 Å². The van der Waals surface area contributed by atoms with Gasteiger partial charge in [-0.15, -0.1) is 0 Å². The molecule has 1 aliphatic carbocycles. The van der Waals surface area contributed by atoms with Crippen molar-refractivity contribution in [3.8, 4) is 22.4 Å². The predicted molar refractivity (Wildman–Crippen MR) is 136 cm³/mol. The topological polar surface area (TPSA) is 17.0 Å². The Kier molecular flexibility index (Phi) is 4.19. The number of furan rings is 1. The molecular formula is C31H29FNO+. The molecule has 2 heterocycles. The zero-order chi connectivity index (χ0) is 25.4. The second-order valence-electron chi connectivity index (χ2n) is 10.1. The van der Waals surface area contributed by atoms with Crippen LogP contribution in [-0.4, -0.2) is 0 Å². The first-order chi connectivity index (χ1) is 17.1. The smallest absolute Gasteiger partial charge is 0.216 e. The molecule has 5 aromatic rings. The molecule has 0 aliphatic heterocycles. The van der Waals surface area contributed by atoms with E-state index in [4.69, 9.17) is 7.16 Å². The number of aryl methyl sites for hydroxylation is 3. The van der Waals surface area contributed by atoms with Gasteiger partial charge < -0.3 is 4.42 Å². The van der Waals surface area contributed by atoms with Crippen LogP contribution in [0.25, 0.3) is 44.3 Å². The molecule has 0 N–H and O–H groups in total. The molecule has 3 aromatic carbocycles. The van der Waals surface area contributed by atoms with Crippen molar-refractivity contribution in [3.63, 3.8) is 0 Å². The molecule has 0 saturated carbocycles. The first-order valence-electron chi connectivity index (χ1n) is 12.8. The maximum atomic E-state index is 15.5. The molecule has 0 amide bonds. The summed E-state index contributed by atoms with van der Waals surface area (Å²) in [6.45, 7) is 6.34. The van der Waals surface area contributed by atoms with E-state index in [1.54, 1.807) is 6.07 Å². The summed E-state index contributed by atoms with van der Waals surface area (Å²) in [5, 5.41) is 1.82. The van der Waals surface area contributed by atoms with Crippen LogP contribution in [-0.2, 0) is 18.8 Å². The van der Waals surface area contributed by atoms with E-state index in [1.165, 1.54) is 6.07 Å². The molecule has 0 bridgehead atoms. The number of aromatic nitrogens is 1. The molecule has 170 valence electrons. The van der Waals surface area contributed by atoms with E-state index in [0.29, 0.717) is 28.7 Å². The number of hydrogen-bond donors (Lipinski definition) is 0. The van der Waals surface area contributed by atoms with Crippen molar-refractivity contribution in [2.75, 3.05) is 0 Å². The van der Waals surface area contributed by atoms with Gasteiger partial charge in [0.05, 0.1) is 11.1 Å². The van der Waals surface area contributed by atoms with Crippen LogP contribution in [0.2, 0.25) is 0 Å². The minimum atomic E-state index is -1.38. The average molecular weight is 453 g/mol. The molecule has 0 saturated heterocycles. The van der Waals surface area contributed by atoms with Gasteiger partial charge in [0.15, 0.2) is 6.20 Å². The molecule has 0 spiro atoms. The van der Waals surface area contributed by atoms with Crippen molar-refractivity contribution < 1.29 is 16.1 Å². The molecule has 1 aliphatic rings. The Bertz CT molecular complexity index is 1680. The monoisotopic (exact) mass is 452 g/mol. The van der Waals surface area contributed by atoms with Crippen LogP contribution in [0.1, 0.15) is 46.1 Å². The molecule has 6 rings (SSSR count). The van der Waals surface area contributed by atoms with Gasteiger partial charge in [0.2, 0.25) is 5.69 Å². The first kappa shape index (κ1) is 18.9. The third kappa shape index (κ3) is 3.10. The summed E-state index contributed by atoms with van der Waals surface area (Å²) in [4.78, 5) is 0. The van der Waals surface area contributed by atoms with Crippen LogP contribution < -0.4 is 4.57 Å². The van der Waals surface area contributed by atoms with Crippen molar-refractivity contribution in [1.82, 2.24) is 0 Å². The third-order valence-corrected chi connectivity index (χ3v) is 7.38. The highest BCUT2D eigenvalue weighted by atomic mass is 19.1. The van der Waals surface area contributed by atoms with Gasteiger partial charge in [-0.3, -0.25) is 0 Å².